The molecule has 13 heavy (non-hydrogen) atoms. The highest BCUT2D eigenvalue weighted by atomic mass is 19.4. The van der Waals surface area contributed by atoms with Crippen LogP contribution in [0.25, 0.3) is 0 Å². The van der Waals surface area contributed by atoms with E-state index >= 15 is 0 Å². The van der Waals surface area contributed by atoms with Crippen molar-refractivity contribution in [1.82, 2.24) is 0 Å². The molecule has 0 bridgehead atoms. The lowest BCUT2D eigenvalue weighted by Crippen LogP contribution is -2.09. The molecule has 0 atom stereocenters. The lowest BCUT2D eigenvalue weighted by atomic mass is 10.4. The maximum absolute atomic E-state index is 11.8. The van der Waals surface area contributed by atoms with E-state index in [1.54, 1.807) is 0 Å². The predicted molar refractivity (Wildman–Crippen MR) is 25.6 cm³/mol. The molecular weight excluding hydrogens is 212 g/mol. The van der Waals surface area contributed by atoms with Gasteiger partial charge in [0.1, 0.15) is 0 Å². The van der Waals surface area contributed by atoms with Crippen LogP contribution in [0.5, 0.6) is 0 Å². The van der Waals surface area contributed by atoms with Gasteiger partial charge in [0.05, 0.1) is 0 Å². The summed E-state index contributed by atoms with van der Waals surface area (Å²) in [6.45, 7) is 0. The molecule has 0 saturated carbocycles. The summed E-state index contributed by atoms with van der Waals surface area (Å²) in [4.78, 5) is 0. The van der Waals surface area contributed by atoms with Crippen LogP contribution in [-0.4, -0.2) is 6.18 Å². The lowest BCUT2D eigenvalue weighted by Gasteiger charge is -2.02. The fraction of sp³-hybridized carbons (Fsp3) is 0.200. The Bertz CT molecular complexity index is 252. The Balaban J connectivity index is 5.18. The van der Waals surface area contributed by atoms with Gasteiger partial charge in [0.15, 0.2) is 0 Å². The summed E-state index contributed by atoms with van der Waals surface area (Å²) in [5, 5.41) is 0. The molecule has 0 heterocycles. The SMILES string of the molecule is FC(F)=C(F)/C(F)=C(\F)C(F)(F)F. The van der Waals surface area contributed by atoms with Crippen LogP contribution in [0, 0.1) is 0 Å². The average molecular weight is 212 g/mol. The second-order valence-corrected chi connectivity index (χ2v) is 1.70. The zero-order chi connectivity index (χ0) is 10.8. The van der Waals surface area contributed by atoms with Crippen molar-refractivity contribution >= 4 is 0 Å². The van der Waals surface area contributed by atoms with E-state index in [0.29, 0.717) is 0 Å². The predicted octanol–water partition coefficient (Wildman–Crippen LogP) is 3.78. The molecule has 0 aliphatic carbocycles. The Morgan fingerprint density at radius 3 is 1.31 bits per heavy atom. The molecule has 0 aromatic rings. The normalized spacial score (nSPS) is 13.8. The second-order valence-electron chi connectivity index (χ2n) is 1.70. The lowest BCUT2D eigenvalue weighted by molar-refractivity contribution is -0.111. The monoisotopic (exact) mass is 212 g/mol. The second kappa shape index (κ2) is 3.75. The Morgan fingerprint density at radius 1 is 0.692 bits per heavy atom. The van der Waals surface area contributed by atoms with E-state index in [1.807, 2.05) is 0 Å². The first-order valence-electron chi connectivity index (χ1n) is 2.51. The van der Waals surface area contributed by atoms with Gasteiger partial charge in [-0.3, -0.25) is 0 Å². The van der Waals surface area contributed by atoms with Crippen LogP contribution in [0.15, 0.2) is 23.6 Å². The van der Waals surface area contributed by atoms with E-state index in [9.17, 15) is 35.1 Å². The van der Waals surface area contributed by atoms with Crippen molar-refractivity contribution in [2.75, 3.05) is 0 Å². The van der Waals surface area contributed by atoms with E-state index in [4.69, 9.17) is 0 Å². The van der Waals surface area contributed by atoms with Gasteiger partial charge in [-0.2, -0.15) is 30.7 Å². The molecule has 8 heteroatoms. The Hall–Kier alpha value is -1.08. The van der Waals surface area contributed by atoms with Crippen molar-refractivity contribution in [1.29, 1.82) is 0 Å². The van der Waals surface area contributed by atoms with E-state index in [1.165, 1.54) is 0 Å². The topological polar surface area (TPSA) is 0 Å². The third kappa shape index (κ3) is 3.03. The first kappa shape index (κ1) is 11.9. The molecule has 0 unspecified atom stereocenters. The van der Waals surface area contributed by atoms with Crippen molar-refractivity contribution in [2.45, 2.75) is 6.18 Å². The smallest absolute Gasteiger partial charge is 0.200 e. The maximum atomic E-state index is 11.8. The minimum atomic E-state index is -5.82. The first-order chi connectivity index (χ1) is 5.68. The molecule has 0 nitrogen and oxygen atoms in total. The van der Waals surface area contributed by atoms with Gasteiger partial charge in [-0.1, -0.05) is 0 Å². The van der Waals surface area contributed by atoms with Crippen molar-refractivity contribution in [3.05, 3.63) is 23.6 Å². The Kier molecular flexibility index (Phi) is 3.44. The van der Waals surface area contributed by atoms with E-state index in [2.05, 4.69) is 0 Å². The number of halogens is 8. The standard InChI is InChI=1S/C5F8/c6-1(2(7)4(9)10)3(8)5(11,12)13/b3-1+. The average Bonchev–Trinajstić information content (AvgIpc) is 1.98. The van der Waals surface area contributed by atoms with Gasteiger partial charge in [0.25, 0.3) is 0 Å². The summed E-state index contributed by atoms with van der Waals surface area (Å²) in [6.07, 6.45) is -9.19. The summed E-state index contributed by atoms with van der Waals surface area (Å²) >= 11 is 0. The third-order valence-electron chi connectivity index (χ3n) is 0.800. The molecular formula is C5F8. The first-order valence-corrected chi connectivity index (χ1v) is 2.51. The highest BCUT2D eigenvalue weighted by Crippen LogP contribution is 2.34. The zero-order valence-electron chi connectivity index (χ0n) is 5.52. The minimum Gasteiger partial charge on any atom is -0.200 e. The largest absolute Gasteiger partial charge is 0.446 e. The van der Waals surface area contributed by atoms with Gasteiger partial charge in [0.2, 0.25) is 17.5 Å². The summed E-state index contributed by atoms with van der Waals surface area (Å²) in [7, 11) is 0. The van der Waals surface area contributed by atoms with Crippen molar-refractivity contribution in [2.24, 2.45) is 0 Å². The summed E-state index contributed by atoms with van der Waals surface area (Å²) in [5.41, 5.74) is 0. The molecule has 0 spiro atoms. The van der Waals surface area contributed by atoms with Crippen molar-refractivity contribution in [3.8, 4) is 0 Å². The molecule has 76 valence electrons. The van der Waals surface area contributed by atoms with Crippen LogP contribution in [0.4, 0.5) is 35.1 Å². The quantitative estimate of drug-likeness (QED) is 0.458. The van der Waals surface area contributed by atoms with Crippen LogP contribution in [0.3, 0.4) is 0 Å². The summed E-state index contributed by atoms with van der Waals surface area (Å²) < 4.78 is 91.0. The zero-order valence-corrected chi connectivity index (χ0v) is 5.52. The number of allylic oxidation sites excluding steroid dienone is 3. The maximum Gasteiger partial charge on any atom is 0.446 e. The summed E-state index contributed by atoms with van der Waals surface area (Å²) in [5.74, 6) is -9.94. The van der Waals surface area contributed by atoms with Crippen LogP contribution in [-0.2, 0) is 0 Å². The van der Waals surface area contributed by atoms with Gasteiger partial charge in [-0.25, -0.2) is 4.39 Å². The van der Waals surface area contributed by atoms with Crippen LogP contribution in [0.1, 0.15) is 0 Å². The molecule has 0 radical (unpaired) electrons. The van der Waals surface area contributed by atoms with Gasteiger partial charge in [-0.05, 0) is 0 Å². The molecule has 0 saturated heterocycles. The fourth-order valence-electron chi connectivity index (χ4n) is 0.304. The number of hydrogen-bond donors (Lipinski definition) is 0. The van der Waals surface area contributed by atoms with Crippen molar-refractivity contribution < 1.29 is 35.1 Å². The molecule has 0 amide bonds. The molecule has 0 N–H and O–H groups in total. The number of hydrogen-bond acceptors (Lipinski definition) is 0. The van der Waals surface area contributed by atoms with Gasteiger partial charge >= 0.3 is 12.3 Å². The van der Waals surface area contributed by atoms with Gasteiger partial charge in [-0.15, -0.1) is 0 Å². The molecule has 0 fully saturated rings. The van der Waals surface area contributed by atoms with E-state index in [-0.39, 0.29) is 0 Å². The summed E-state index contributed by atoms with van der Waals surface area (Å²) in [6, 6.07) is 0. The van der Waals surface area contributed by atoms with E-state index < -0.39 is 29.7 Å². The third-order valence-corrected chi connectivity index (χ3v) is 0.800. The fourth-order valence-corrected chi connectivity index (χ4v) is 0.304. The van der Waals surface area contributed by atoms with Crippen molar-refractivity contribution in [3.63, 3.8) is 0 Å². The highest BCUT2D eigenvalue weighted by Gasteiger charge is 2.40. The van der Waals surface area contributed by atoms with Crippen LogP contribution in [0.2, 0.25) is 0 Å². The van der Waals surface area contributed by atoms with Crippen LogP contribution >= 0.6 is 0 Å². The number of rotatable bonds is 1. The highest BCUT2D eigenvalue weighted by molar-refractivity contribution is 5.24. The molecule has 0 aliphatic heterocycles. The minimum absolute atomic E-state index is 3.16. The molecule has 0 aromatic carbocycles. The number of alkyl halides is 3. The van der Waals surface area contributed by atoms with Gasteiger partial charge in [0, 0.05) is 0 Å². The van der Waals surface area contributed by atoms with Crippen LogP contribution < -0.4 is 0 Å². The molecule has 0 rings (SSSR count). The van der Waals surface area contributed by atoms with Gasteiger partial charge < -0.3 is 0 Å². The Labute approximate surface area is 66.1 Å². The molecule has 0 aliphatic rings. The molecule has 0 aromatic heterocycles. The Morgan fingerprint density at radius 2 is 1.08 bits per heavy atom. The van der Waals surface area contributed by atoms with E-state index in [0.717, 1.165) is 0 Å².